The Balaban J connectivity index is 2.43. The van der Waals surface area contributed by atoms with E-state index in [0.717, 1.165) is 22.6 Å². The maximum atomic E-state index is 12.5. The summed E-state index contributed by atoms with van der Waals surface area (Å²) in [7, 11) is 0. The van der Waals surface area contributed by atoms with Gasteiger partial charge in [0.2, 0.25) is 0 Å². The molecule has 0 radical (unpaired) electrons. The van der Waals surface area contributed by atoms with Crippen molar-refractivity contribution in [2.75, 3.05) is 0 Å². The normalized spacial score (nSPS) is 12.4. The Hall–Kier alpha value is -0.926. The Morgan fingerprint density at radius 1 is 1.05 bits per heavy atom. The third kappa shape index (κ3) is 7.59. The van der Waals surface area contributed by atoms with Crippen LogP contribution in [-0.2, 0) is 0 Å². The summed E-state index contributed by atoms with van der Waals surface area (Å²) in [5.41, 5.74) is 2.17. The SMILES string of the molecule is CC(C)=CCC/C(C)=C/C[Se]c1ccc([B-](F)(F)F)cc1. The zero-order valence-electron chi connectivity index (χ0n) is 12.7. The van der Waals surface area contributed by atoms with Crippen molar-refractivity contribution < 1.29 is 12.9 Å². The van der Waals surface area contributed by atoms with Crippen molar-refractivity contribution in [2.24, 2.45) is 0 Å². The van der Waals surface area contributed by atoms with Crippen molar-refractivity contribution in [1.82, 2.24) is 0 Å². The summed E-state index contributed by atoms with van der Waals surface area (Å²) in [6, 6.07) is 5.61. The van der Waals surface area contributed by atoms with Gasteiger partial charge in [-0.3, -0.25) is 0 Å². The zero-order chi connectivity index (χ0) is 15.9. The minimum absolute atomic E-state index is 0.203. The van der Waals surface area contributed by atoms with E-state index in [-0.39, 0.29) is 15.0 Å². The predicted octanol–water partition coefficient (Wildman–Crippen LogP) is 4.18. The van der Waals surface area contributed by atoms with Crippen molar-refractivity contribution in [1.29, 1.82) is 0 Å². The molecule has 0 aromatic heterocycles. The third-order valence-electron chi connectivity index (χ3n) is 3.03. The molecular weight excluding hydrogens is 339 g/mol. The fourth-order valence-corrected chi connectivity index (χ4v) is 3.62. The maximum absolute atomic E-state index is 12.5. The molecule has 1 rings (SSSR count). The van der Waals surface area contributed by atoms with Gasteiger partial charge in [-0.1, -0.05) is 0 Å². The molecule has 0 atom stereocenters. The molecule has 0 amide bonds. The topological polar surface area (TPSA) is 0 Å². The standard InChI is InChI=1S/C16H21BF3Se/c1-13(2)5-4-6-14(3)11-12-21-16-9-7-15(8-10-16)17(18,19)20/h5,7-11H,4,6,12H2,1-3H3/q-1/b14-11+. The Morgan fingerprint density at radius 3 is 2.19 bits per heavy atom. The minimum atomic E-state index is -4.87. The number of hydrogen-bond acceptors (Lipinski definition) is 0. The second-order valence-electron chi connectivity index (χ2n) is 5.33. The van der Waals surface area contributed by atoms with E-state index >= 15 is 0 Å². The van der Waals surface area contributed by atoms with Gasteiger partial charge in [-0.15, -0.1) is 0 Å². The Kier molecular flexibility index (Phi) is 7.34. The molecule has 5 heteroatoms. The molecule has 1 aromatic rings. The molecule has 0 aliphatic rings. The number of halogens is 3. The van der Waals surface area contributed by atoms with E-state index in [1.807, 2.05) is 0 Å². The Morgan fingerprint density at radius 2 is 1.67 bits per heavy atom. The van der Waals surface area contributed by atoms with Crippen LogP contribution in [0.5, 0.6) is 0 Å². The van der Waals surface area contributed by atoms with Crippen LogP contribution in [0.4, 0.5) is 12.9 Å². The summed E-state index contributed by atoms with van der Waals surface area (Å²) in [6.45, 7) is 1.43. The molecule has 0 unspecified atom stereocenters. The molecule has 0 fully saturated rings. The van der Waals surface area contributed by atoms with Crippen LogP contribution in [0.3, 0.4) is 0 Å². The molecule has 0 saturated carbocycles. The van der Waals surface area contributed by atoms with E-state index in [0.29, 0.717) is 0 Å². The molecule has 0 bridgehead atoms. The molecule has 1 aromatic carbocycles. The predicted molar refractivity (Wildman–Crippen MR) is 87.8 cm³/mol. The summed E-state index contributed by atoms with van der Waals surface area (Å²) >= 11 is 0.203. The van der Waals surface area contributed by atoms with Crippen LogP contribution < -0.4 is 9.92 Å². The van der Waals surface area contributed by atoms with E-state index < -0.39 is 12.4 Å². The summed E-state index contributed by atoms with van der Waals surface area (Å²) in [5.74, 6) is 0. The van der Waals surface area contributed by atoms with Crippen LogP contribution in [-0.4, -0.2) is 21.9 Å². The molecule has 0 aliphatic carbocycles. The van der Waals surface area contributed by atoms with Gasteiger partial charge in [0.05, 0.1) is 0 Å². The zero-order valence-corrected chi connectivity index (χ0v) is 14.4. The van der Waals surface area contributed by atoms with Gasteiger partial charge < -0.3 is 0 Å². The van der Waals surface area contributed by atoms with Crippen molar-refractivity contribution in [3.63, 3.8) is 0 Å². The molecule has 0 N–H and O–H groups in total. The second-order valence-corrected chi connectivity index (χ2v) is 7.62. The number of benzene rings is 1. The Labute approximate surface area is 131 Å². The van der Waals surface area contributed by atoms with E-state index in [1.54, 1.807) is 12.1 Å². The van der Waals surface area contributed by atoms with Crippen LogP contribution in [0, 0.1) is 0 Å². The summed E-state index contributed by atoms with van der Waals surface area (Å²) in [5, 5.41) is 0.935. The van der Waals surface area contributed by atoms with Gasteiger partial charge in [0, 0.05) is 0 Å². The van der Waals surface area contributed by atoms with Crippen molar-refractivity contribution in [2.45, 2.75) is 38.9 Å². The number of rotatable bonds is 7. The van der Waals surface area contributed by atoms with E-state index in [9.17, 15) is 12.9 Å². The molecule has 0 spiro atoms. The van der Waals surface area contributed by atoms with Gasteiger partial charge >= 0.3 is 131 Å². The van der Waals surface area contributed by atoms with E-state index in [2.05, 4.69) is 32.9 Å². The average Bonchev–Trinajstić information content (AvgIpc) is 2.38. The van der Waals surface area contributed by atoms with Gasteiger partial charge in [-0.2, -0.15) is 0 Å². The van der Waals surface area contributed by atoms with Crippen LogP contribution in [0.25, 0.3) is 0 Å². The molecule has 116 valence electrons. The fourth-order valence-electron chi connectivity index (χ4n) is 1.75. The van der Waals surface area contributed by atoms with E-state index in [1.165, 1.54) is 23.3 Å². The van der Waals surface area contributed by atoms with Gasteiger partial charge in [0.1, 0.15) is 0 Å². The van der Waals surface area contributed by atoms with Gasteiger partial charge in [-0.05, 0) is 0 Å². The summed E-state index contributed by atoms with van der Waals surface area (Å²) < 4.78 is 38.5. The van der Waals surface area contributed by atoms with Crippen molar-refractivity contribution in [3.05, 3.63) is 47.6 Å². The molecule has 21 heavy (non-hydrogen) atoms. The second kappa shape index (κ2) is 8.50. The van der Waals surface area contributed by atoms with Crippen molar-refractivity contribution in [3.8, 4) is 0 Å². The first-order valence-electron chi connectivity index (χ1n) is 7.00. The molecule has 0 saturated heterocycles. The molecular formula is C16H21BF3Se-. The summed E-state index contributed by atoms with van der Waals surface area (Å²) in [6.07, 6.45) is 6.54. The summed E-state index contributed by atoms with van der Waals surface area (Å²) in [4.78, 5) is 0. The first-order chi connectivity index (χ1) is 9.79. The van der Waals surface area contributed by atoms with Crippen molar-refractivity contribution >= 4 is 31.9 Å². The first kappa shape index (κ1) is 18.1. The van der Waals surface area contributed by atoms with Crippen LogP contribution in [0.1, 0.15) is 33.6 Å². The fraction of sp³-hybridized carbons (Fsp3) is 0.375. The number of hydrogen-bond donors (Lipinski definition) is 0. The van der Waals surface area contributed by atoms with Crippen LogP contribution in [0.15, 0.2) is 47.6 Å². The number of allylic oxidation sites excluding steroid dienone is 4. The monoisotopic (exact) mass is 361 g/mol. The van der Waals surface area contributed by atoms with Gasteiger partial charge in [0.15, 0.2) is 0 Å². The van der Waals surface area contributed by atoms with Gasteiger partial charge in [0.25, 0.3) is 0 Å². The third-order valence-corrected chi connectivity index (χ3v) is 5.00. The van der Waals surface area contributed by atoms with E-state index in [4.69, 9.17) is 0 Å². The quantitative estimate of drug-likeness (QED) is 0.506. The Bertz CT molecular complexity index is 497. The molecule has 0 aliphatic heterocycles. The molecule has 0 nitrogen and oxygen atoms in total. The molecule has 0 heterocycles. The van der Waals surface area contributed by atoms with Crippen LogP contribution >= 0.6 is 0 Å². The van der Waals surface area contributed by atoms with Crippen LogP contribution in [0.2, 0.25) is 5.32 Å². The average molecular weight is 360 g/mol. The van der Waals surface area contributed by atoms with Gasteiger partial charge in [-0.25, -0.2) is 0 Å². The first-order valence-corrected chi connectivity index (χ1v) is 9.07.